The van der Waals surface area contributed by atoms with E-state index in [-0.39, 0.29) is 6.04 Å². The van der Waals surface area contributed by atoms with Crippen LogP contribution in [-0.4, -0.2) is 0 Å². The topological polar surface area (TPSA) is 26.0 Å². The van der Waals surface area contributed by atoms with Crippen LogP contribution in [-0.2, 0) is 5.75 Å². The first-order chi connectivity index (χ1) is 8.65. The molecule has 18 heavy (non-hydrogen) atoms. The van der Waals surface area contributed by atoms with Crippen molar-refractivity contribution in [1.29, 1.82) is 0 Å². The lowest BCUT2D eigenvalue weighted by molar-refractivity contribution is 0.817. The molecule has 0 fully saturated rings. The zero-order valence-electron chi connectivity index (χ0n) is 10.3. The summed E-state index contributed by atoms with van der Waals surface area (Å²) in [5.41, 5.74) is 8.38. The molecule has 3 heteroatoms. The van der Waals surface area contributed by atoms with E-state index in [0.29, 0.717) is 0 Å². The molecule has 2 rings (SSSR count). The fourth-order valence-electron chi connectivity index (χ4n) is 1.61. The summed E-state index contributed by atoms with van der Waals surface area (Å²) in [7, 11) is 0. The van der Waals surface area contributed by atoms with Crippen LogP contribution in [0.15, 0.2) is 53.4 Å². The predicted octanol–water partition coefficient (Wildman–Crippen LogP) is 4.60. The van der Waals surface area contributed by atoms with Crippen LogP contribution in [0.4, 0.5) is 0 Å². The van der Waals surface area contributed by atoms with E-state index < -0.39 is 0 Å². The van der Waals surface area contributed by atoms with Crippen molar-refractivity contribution in [2.45, 2.75) is 23.6 Å². The molecule has 0 heterocycles. The van der Waals surface area contributed by atoms with Gasteiger partial charge in [0.1, 0.15) is 0 Å². The number of thioether (sulfide) groups is 1. The Morgan fingerprint density at radius 2 is 1.67 bits per heavy atom. The van der Waals surface area contributed by atoms with Gasteiger partial charge in [0.25, 0.3) is 0 Å². The second kappa shape index (κ2) is 6.59. The minimum atomic E-state index is 0.111. The maximum atomic E-state index is 5.84. The Kier molecular flexibility index (Phi) is 5.09. The van der Waals surface area contributed by atoms with Gasteiger partial charge in [0, 0.05) is 20.3 Å². The first-order valence-electron chi connectivity index (χ1n) is 5.88. The van der Waals surface area contributed by atoms with E-state index in [1.807, 2.05) is 18.7 Å². The summed E-state index contributed by atoms with van der Waals surface area (Å²) >= 11 is 4.18. The zero-order valence-corrected chi connectivity index (χ0v) is 13.2. The zero-order chi connectivity index (χ0) is 13.0. The smallest absolute Gasteiger partial charge is 0.0266 e. The van der Waals surface area contributed by atoms with E-state index in [9.17, 15) is 0 Å². The van der Waals surface area contributed by atoms with Gasteiger partial charge in [-0.3, -0.25) is 0 Å². The molecule has 0 radical (unpaired) electrons. The summed E-state index contributed by atoms with van der Waals surface area (Å²) in [6.45, 7) is 2.01. The maximum Gasteiger partial charge on any atom is 0.0266 e. The van der Waals surface area contributed by atoms with Crippen molar-refractivity contribution in [3.05, 3.63) is 63.2 Å². The monoisotopic (exact) mass is 369 g/mol. The maximum absolute atomic E-state index is 5.84. The summed E-state index contributed by atoms with van der Waals surface area (Å²) in [6, 6.07) is 17.3. The van der Waals surface area contributed by atoms with E-state index >= 15 is 0 Å². The summed E-state index contributed by atoms with van der Waals surface area (Å²) in [4.78, 5) is 1.29. The van der Waals surface area contributed by atoms with Crippen LogP contribution in [0.1, 0.15) is 24.1 Å². The third-order valence-electron chi connectivity index (χ3n) is 2.72. The fraction of sp³-hybridized carbons (Fsp3) is 0.200. The van der Waals surface area contributed by atoms with Gasteiger partial charge >= 0.3 is 0 Å². The molecule has 0 aromatic heterocycles. The lowest BCUT2D eigenvalue weighted by Crippen LogP contribution is -2.04. The third-order valence-corrected chi connectivity index (χ3v) is 4.53. The van der Waals surface area contributed by atoms with Crippen LogP contribution >= 0.6 is 34.4 Å². The fourth-order valence-corrected chi connectivity index (χ4v) is 2.83. The molecule has 0 aliphatic carbocycles. The highest BCUT2D eigenvalue weighted by atomic mass is 127. The Balaban J connectivity index is 1.95. The molecule has 1 atom stereocenters. The average Bonchev–Trinajstić information content (AvgIpc) is 2.38. The second-order valence-corrected chi connectivity index (χ2v) is 6.57. The Bertz CT molecular complexity index is 491. The molecule has 0 saturated heterocycles. The van der Waals surface area contributed by atoms with Gasteiger partial charge in [-0.1, -0.05) is 24.3 Å². The van der Waals surface area contributed by atoms with Crippen molar-refractivity contribution < 1.29 is 0 Å². The highest BCUT2D eigenvalue weighted by Gasteiger charge is 2.00. The molecule has 2 aromatic rings. The lowest BCUT2D eigenvalue weighted by atomic mass is 10.1. The van der Waals surface area contributed by atoms with Crippen molar-refractivity contribution in [2.75, 3.05) is 0 Å². The number of halogens is 1. The molecule has 0 aliphatic rings. The van der Waals surface area contributed by atoms with Crippen molar-refractivity contribution in [2.24, 2.45) is 5.73 Å². The van der Waals surface area contributed by atoms with Gasteiger partial charge in [0.05, 0.1) is 0 Å². The molecule has 2 N–H and O–H groups in total. The molecule has 0 amide bonds. The molecular formula is C15H16INS. The number of rotatable bonds is 4. The number of hydrogen-bond acceptors (Lipinski definition) is 2. The molecule has 0 saturated carbocycles. The van der Waals surface area contributed by atoms with Crippen molar-refractivity contribution >= 4 is 34.4 Å². The largest absolute Gasteiger partial charge is 0.324 e. The van der Waals surface area contributed by atoms with Crippen LogP contribution < -0.4 is 5.73 Å². The summed E-state index contributed by atoms with van der Waals surface area (Å²) < 4.78 is 1.28. The Morgan fingerprint density at radius 1 is 1.06 bits per heavy atom. The SMILES string of the molecule is CC(N)c1ccc(SCc2ccc(I)cc2)cc1. The highest BCUT2D eigenvalue weighted by Crippen LogP contribution is 2.24. The quantitative estimate of drug-likeness (QED) is 0.630. The van der Waals surface area contributed by atoms with Gasteiger partial charge in [-0.05, 0) is 64.9 Å². The van der Waals surface area contributed by atoms with Crippen molar-refractivity contribution in [3.8, 4) is 0 Å². The second-order valence-electron chi connectivity index (χ2n) is 4.27. The van der Waals surface area contributed by atoms with E-state index in [1.54, 1.807) is 0 Å². The normalized spacial score (nSPS) is 12.4. The van der Waals surface area contributed by atoms with Crippen LogP contribution in [0.5, 0.6) is 0 Å². The molecule has 0 spiro atoms. The van der Waals surface area contributed by atoms with Gasteiger partial charge in [-0.15, -0.1) is 11.8 Å². The van der Waals surface area contributed by atoms with Gasteiger partial charge in [-0.2, -0.15) is 0 Å². The minimum Gasteiger partial charge on any atom is -0.324 e. The molecule has 94 valence electrons. The molecule has 2 aromatic carbocycles. The number of benzene rings is 2. The Morgan fingerprint density at radius 3 is 2.22 bits per heavy atom. The summed E-state index contributed by atoms with van der Waals surface area (Å²) in [6.07, 6.45) is 0. The molecule has 1 nitrogen and oxygen atoms in total. The van der Waals surface area contributed by atoms with Gasteiger partial charge in [-0.25, -0.2) is 0 Å². The van der Waals surface area contributed by atoms with E-state index in [4.69, 9.17) is 5.73 Å². The van der Waals surface area contributed by atoms with Gasteiger partial charge in [0.15, 0.2) is 0 Å². The first-order valence-corrected chi connectivity index (χ1v) is 7.94. The summed E-state index contributed by atoms with van der Waals surface area (Å²) in [5.74, 6) is 1.01. The standard InChI is InChI=1S/C15H16INS/c1-11(17)13-4-8-15(9-5-13)18-10-12-2-6-14(16)7-3-12/h2-9,11H,10,17H2,1H3. The van der Waals surface area contributed by atoms with Gasteiger partial charge in [0.2, 0.25) is 0 Å². The minimum absolute atomic E-state index is 0.111. The highest BCUT2D eigenvalue weighted by molar-refractivity contribution is 14.1. The van der Waals surface area contributed by atoms with Crippen LogP contribution in [0.3, 0.4) is 0 Å². The first kappa shape index (κ1) is 13.9. The van der Waals surface area contributed by atoms with Crippen LogP contribution in [0, 0.1) is 3.57 Å². The molecular weight excluding hydrogens is 353 g/mol. The third kappa shape index (κ3) is 4.00. The number of hydrogen-bond donors (Lipinski definition) is 1. The Hall–Kier alpha value is -0.520. The summed E-state index contributed by atoms with van der Waals surface area (Å²) in [5, 5.41) is 0. The average molecular weight is 369 g/mol. The van der Waals surface area contributed by atoms with Gasteiger partial charge < -0.3 is 5.73 Å². The lowest BCUT2D eigenvalue weighted by Gasteiger charge is -2.07. The molecule has 0 aliphatic heterocycles. The number of nitrogens with two attached hydrogens (primary N) is 1. The molecule has 0 bridgehead atoms. The Labute approximate surface area is 126 Å². The van der Waals surface area contributed by atoms with Crippen LogP contribution in [0.2, 0.25) is 0 Å². The van der Waals surface area contributed by atoms with Crippen molar-refractivity contribution in [1.82, 2.24) is 0 Å². The van der Waals surface area contributed by atoms with E-state index in [0.717, 1.165) is 5.75 Å². The predicted molar refractivity (Wildman–Crippen MR) is 87.8 cm³/mol. The van der Waals surface area contributed by atoms with E-state index in [2.05, 4.69) is 71.1 Å². The van der Waals surface area contributed by atoms with Crippen LogP contribution in [0.25, 0.3) is 0 Å². The molecule has 1 unspecified atom stereocenters. The van der Waals surface area contributed by atoms with E-state index in [1.165, 1.54) is 19.6 Å². The van der Waals surface area contributed by atoms with Crippen molar-refractivity contribution in [3.63, 3.8) is 0 Å².